The van der Waals surface area contributed by atoms with Crippen molar-refractivity contribution in [1.29, 1.82) is 0 Å². The third kappa shape index (κ3) is 8.40. The summed E-state index contributed by atoms with van der Waals surface area (Å²) in [6.07, 6.45) is 4.94. The van der Waals surface area contributed by atoms with Crippen molar-refractivity contribution in [3.63, 3.8) is 0 Å². The normalized spacial score (nSPS) is 14.9. The number of thioether (sulfide) groups is 1. The van der Waals surface area contributed by atoms with Gasteiger partial charge in [-0.3, -0.25) is 9.59 Å². The molecule has 6 heteroatoms. The first-order valence-electron chi connectivity index (χ1n) is 9.07. The molecule has 1 saturated heterocycles. The number of carbonyl (C=O) groups excluding carboxylic acids is 2. The smallest absolute Gasteiger partial charge is 0.234 e. The lowest BCUT2D eigenvalue weighted by Gasteiger charge is -2.26. The number of rotatable bonds is 9. The summed E-state index contributed by atoms with van der Waals surface area (Å²) < 4.78 is 0. The number of anilines is 1. The molecule has 2 rings (SSSR count). The first-order chi connectivity index (χ1) is 12.1. The highest BCUT2D eigenvalue weighted by Gasteiger charge is 2.10. The Morgan fingerprint density at radius 1 is 1.12 bits per heavy atom. The highest BCUT2D eigenvalue weighted by molar-refractivity contribution is 8.00. The van der Waals surface area contributed by atoms with Gasteiger partial charge in [0.2, 0.25) is 11.8 Å². The van der Waals surface area contributed by atoms with Gasteiger partial charge in [0.05, 0.1) is 11.5 Å². The van der Waals surface area contributed by atoms with E-state index in [1.807, 2.05) is 31.2 Å². The Labute approximate surface area is 154 Å². The van der Waals surface area contributed by atoms with Crippen LogP contribution in [0.4, 0.5) is 5.69 Å². The second-order valence-electron chi connectivity index (χ2n) is 6.52. The fourth-order valence-corrected chi connectivity index (χ4v) is 3.57. The Morgan fingerprint density at radius 2 is 1.88 bits per heavy atom. The molecule has 1 aromatic rings. The summed E-state index contributed by atoms with van der Waals surface area (Å²) in [6.45, 7) is 6.15. The molecule has 25 heavy (non-hydrogen) atoms. The van der Waals surface area contributed by atoms with Crippen molar-refractivity contribution < 1.29 is 9.59 Å². The summed E-state index contributed by atoms with van der Waals surface area (Å²) in [7, 11) is 0. The molecule has 1 aliphatic heterocycles. The van der Waals surface area contributed by atoms with Crippen LogP contribution in [-0.4, -0.2) is 54.4 Å². The lowest BCUT2D eigenvalue weighted by molar-refractivity contribution is -0.118. The van der Waals surface area contributed by atoms with E-state index in [0.717, 1.165) is 24.2 Å². The van der Waals surface area contributed by atoms with Gasteiger partial charge in [0.15, 0.2) is 0 Å². The molecule has 0 saturated carbocycles. The van der Waals surface area contributed by atoms with Crippen LogP contribution >= 0.6 is 11.8 Å². The predicted molar refractivity (Wildman–Crippen MR) is 105 cm³/mol. The second kappa shape index (κ2) is 11.2. The number of hydrogen-bond acceptors (Lipinski definition) is 4. The Morgan fingerprint density at radius 3 is 2.64 bits per heavy atom. The molecule has 2 N–H and O–H groups in total. The van der Waals surface area contributed by atoms with Crippen molar-refractivity contribution in [2.75, 3.05) is 43.0 Å². The number of nitrogens with one attached hydrogen (secondary N) is 2. The number of hydrogen-bond donors (Lipinski definition) is 2. The van der Waals surface area contributed by atoms with Crippen LogP contribution in [0.2, 0.25) is 0 Å². The Balaban J connectivity index is 1.50. The lowest BCUT2D eigenvalue weighted by atomic mass is 10.1. The molecule has 5 nitrogen and oxygen atoms in total. The van der Waals surface area contributed by atoms with Gasteiger partial charge in [0.1, 0.15) is 0 Å². The van der Waals surface area contributed by atoms with E-state index in [2.05, 4.69) is 15.5 Å². The molecule has 0 atom stereocenters. The highest BCUT2D eigenvalue weighted by atomic mass is 32.2. The Kier molecular flexibility index (Phi) is 8.83. The number of nitrogens with zero attached hydrogens (tertiary/aromatic N) is 1. The minimum absolute atomic E-state index is 0.00648. The van der Waals surface area contributed by atoms with Crippen molar-refractivity contribution >= 4 is 29.3 Å². The van der Waals surface area contributed by atoms with E-state index in [-0.39, 0.29) is 17.6 Å². The van der Waals surface area contributed by atoms with Gasteiger partial charge in [0.25, 0.3) is 0 Å². The molecule has 0 aliphatic carbocycles. The molecule has 0 unspecified atom stereocenters. The van der Waals surface area contributed by atoms with E-state index < -0.39 is 0 Å². The quantitative estimate of drug-likeness (QED) is 0.662. The van der Waals surface area contributed by atoms with Crippen LogP contribution in [0.5, 0.6) is 0 Å². The molecule has 2 amide bonds. The molecule has 1 aliphatic rings. The fourth-order valence-electron chi connectivity index (χ4n) is 2.92. The van der Waals surface area contributed by atoms with E-state index >= 15 is 0 Å². The van der Waals surface area contributed by atoms with Crippen LogP contribution in [0.25, 0.3) is 0 Å². The fraction of sp³-hybridized carbons (Fsp3) is 0.579. The largest absolute Gasteiger partial charge is 0.355 e. The van der Waals surface area contributed by atoms with E-state index in [1.165, 1.54) is 44.1 Å². The van der Waals surface area contributed by atoms with Gasteiger partial charge >= 0.3 is 0 Å². The number of likely N-dealkylation sites (tertiary alicyclic amines) is 1. The van der Waals surface area contributed by atoms with Crippen LogP contribution in [0, 0.1) is 6.92 Å². The first kappa shape index (κ1) is 19.8. The minimum Gasteiger partial charge on any atom is -0.355 e. The Hall–Kier alpha value is -1.53. The zero-order chi connectivity index (χ0) is 17.9. The molecular weight excluding hydrogens is 334 g/mol. The highest BCUT2D eigenvalue weighted by Crippen LogP contribution is 2.11. The van der Waals surface area contributed by atoms with Crippen molar-refractivity contribution in [2.24, 2.45) is 0 Å². The van der Waals surface area contributed by atoms with E-state index in [0.29, 0.717) is 12.3 Å². The van der Waals surface area contributed by atoms with Gasteiger partial charge in [-0.15, -0.1) is 11.8 Å². The molecule has 0 radical (unpaired) electrons. The van der Waals surface area contributed by atoms with Crippen LogP contribution in [0.15, 0.2) is 24.3 Å². The second-order valence-corrected chi connectivity index (χ2v) is 7.50. The topological polar surface area (TPSA) is 61.4 Å². The van der Waals surface area contributed by atoms with E-state index in [1.54, 1.807) is 0 Å². The van der Waals surface area contributed by atoms with Gasteiger partial charge in [-0.1, -0.05) is 18.6 Å². The summed E-state index contributed by atoms with van der Waals surface area (Å²) in [5, 5.41) is 5.78. The summed E-state index contributed by atoms with van der Waals surface area (Å²) in [5.41, 5.74) is 1.90. The molecule has 0 spiro atoms. The van der Waals surface area contributed by atoms with Crippen LogP contribution in [0.1, 0.15) is 31.2 Å². The van der Waals surface area contributed by atoms with Gasteiger partial charge in [-0.2, -0.15) is 0 Å². The molecule has 1 aromatic carbocycles. The van der Waals surface area contributed by atoms with Crippen molar-refractivity contribution in [3.8, 4) is 0 Å². The number of aryl methyl sites for hydroxylation is 1. The van der Waals surface area contributed by atoms with E-state index in [4.69, 9.17) is 0 Å². The molecule has 138 valence electrons. The van der Waals surface area contributed by atoms with Crippen LogP contribution < -0.4 is 10.6 Å². The third-order valence-electron chi connectivity index (χ3n) is 4.19. The maximum atomic E-state index is 11.9. The summed E-state index contributed by atoms with van der Waals surface area (Å²) in [6, 6.07) is 7.69. The maximum Gasteiger partial charge on any atom is 0.234 e. The molecule has 0 aromatic heterocycles. The minimum atomic E-state index is -0.0755. The molecular formula is C19H29N3O2S. The van der Waals surface area contributed by atoms with Crippen molar-refractivity contribution in [2.45, 2.75) is 32.6 Å². The SMILES string of the molecule is Cc1cccc(NC(=O)CSCC(=O)NCCCN2CCCCC2)c1. The number of piperidine rings is 1. The van der Waals surface area contributed by atoms with Crippen LogP contribution in [-0.2, 0) is 9.59 Å². The average Bonchev–Trinajstić information content (AvgIpc) is 2.60. The molecule has 0 bridgehead atoms. The standard InChI is InChI=1S/C19H29N3O2S/c1-16-7-5-8-17(13-16)21-19(24)15-25-14-18(23)20-9-6-12-22-10-3-2-4-11-22/h5,7-8,13H,2-4,6,9-12,14-15H2,1H3,(H,20,23)(H,21,24). The number of carbonyl (C=O) groups is 2. The molecule has 1 fully saturated rings. The van der Waals surface area contributed by atoms with Gasteiger partial charge < -0.3 is 15.5 Å². The monoisotopic (exact) mass is 363 g/mol. The number of benzene rings is 1. The van der Waals surface area contributed by atoms with Crippen molar-refractivity contribution in [3.05, 3.63) is 29.8 Å². The van der Waals surface area contributed by atoms with Gasteiger partial charge in [-0.05, 0) is 63.5 Å². The average molecular weight is 364 g/mol. The number of amides is 2. The lowest BCUT2D eigenvalue weighted by Crippen LogP contribution is -2.33. The van der Waals surface area contributed by atoms with Crippen LogP contribution in [0.3, 0.4) is 0 Å². The zero-order valence-electron chi connectivity index (χ0n) is 15.1. The predicted octanol–water partition coefficient (Wildman–Crippen LogP) is 2.66. The summed E-state index contributed by atoms with van der Waals surface area (Å²) in [5.74, 6) is 0.542. The summed E-state index contributed by atoms with van der Waals surface area (Å²) >= 11 is 1.34. The van der Waals surface area contributed by atoms with E-state index in [9.17, 15) is 9.59 Å². The van der Waals surface area contributed by atoms with Gasteiger partial charge in [0, 0.05) is 12.2 Å². The molecule has 1 heterocycles. The Bertz CT molecular complexity index is 559. The zero-order valence-corrected chi connectivity index (χ0v) is 15.9. The van der Waals surface area contributed by atoms with Gasteiger partial charge in [-0.25, -0.2) is 0 Å². The summed E-state index contributed by atoms with van der Waals surface area (Å²) in [4.78, 5) is 26.1. The van der Waals surface area contributed by atoms with Crippen molar-refractivity contribution in [1.82, 2.24) is 10.2 Å². The third-order valence-corrected chi connectivity index (χ3v) is 5.12. The first-order valence-corrected chi connectivity index (χ1v) is 10.2. The maximum absolute atomic E-state index is 11.9.